The molecular weight excluding hydrogens is 376 g/mol. The molecule has 28 heavy (non-hydrogen) atoms. The number of fused-ring (bicyclic) bond motifs is 6. The lowest BCUT2D eigenvalue weighted by atomic mass is 10.1. The summed E-state index contributed by atoms with van der Waals surface area (Å²) in [5, 5.41) is 1.49. The maximum atomic E-state index is 13.4. The predicted octanol–water partition coefficient (Wildman–Crippen LogP) is 3.41. The SMILES string of the molecule is COC(=O)c1c2ccccc2c(=O)n2c1[nH]c(=O)c1c3c(sc12)CCCCC3. The maximum absolute atomic E-state index is 13.4. The van der Waals surface area contributed by atoms with Crippen LogP contribution in [0.2, 0.25) is 0 Å². The van der Waals surface area contributed by atoms with Gasteiger partial charge in [-0.25, -0.2) is 4.79 Å². The molecule has 1 aliphatic carbocycles. The van der Waals surface area contributed by atoms with E-state index in [1.807, 2.05) is 0 Å². The lowest BCUT2D eigenvalue weighted by molar-refractivity contribution is 0.0604. The molecule has 1 N–H and O–H groups in total. The Bertz CT molecular complexity index is 1390. The smallest absolute Gasteiger partial charge is 0.342 e. The summed E-state index contributed by atoms with van der Waals surface area (Å²) in [4.78, 5) is 43.6. The van der Waals surface area contributed by atoms with Gasteiger partial charge in [-0.2, -0.15) is 0 Å². The fraction of sp³-hybridized carbons (Fsp3) is 0.286. The van der Waals surface area contributed by atoms with E-state index >= 15 is 0 Å². The molecule has 4 aromatic rings. The molecule has 0 saturated heterocycles. The van der Waals surface area contributed by atoms with Crippen molar-refractivity contribution in [1.29, 1.82) is 0 Å². The number of pyridine rings is 1. The van der Waals surface area contributed by atoms with Crippen molar-refractivity contribution in [2.75, 3.05) is 7.11 Å². The summed E-state index contributed by atoms with van der Waals surface area (Å²) in [5.41, 5.74) is 0.968. The van der Waals surface area contributed by atoms with Crippen LogP contribution in [0, 0.1) is 0 Å². The number of nitrogens with zero attached hydrogens (tertiary/aromatic N) is 1. The maximum Gasteiger partial charge on any atom is 0.342 e. The first-order chi connectivity index (χ1) is 13.6. The third-order valence-corrected chi connectivity index (χ3v) is 6.82. The number of methoxy groups -OCH3 is 1. The minimum Gasteiger partial charge on any atom is -0.465 e. The van der Waals surface area contributed by atoms with Gasteiger partial charge in [0.25, 0.3) is 11.1 Å². The van der Waals surface area contributed by atoms with Gasteiger partial charge in [0.15, 0.2) is 0 Å². The van der Waals surface area contributed by atoms with Crippen molar-refractivity contribution in [3.63, 3.8) is 0 Å². The van der Waals surface area contributed by atoms with Gasteiger partial charge in [-0.1, -0.05) is 24.6 Å². The summed E-state index contributed by atoms with van der Waals surface area (Å²) in [6, 6.07) is 6.93. The topological polar surface area (TPSA) is 80.6 Å². The first-order valence-corrected chi connectivity index (χ1v) is 10.2. The fourth-order valence-corrected chi connectivity index (χ4v) is 5.65. The summed E-state index contributed by atoms with van der Waals surface area (Å²) in [6.45, 7) is 0. The first kappa shape index (κ1) is 17.2. The van der Waals surface area contributed by atoms with Crippen LogP contribution in [0.5, 0.6) is 0 Å². The Labute approximate surface area is 163 Å². The number of hydrogen-bond donors (Lipinski definition) is 1. The highest BCUT2D eigenvalue weighted by molar-refractivity contribution is 7.18. The van der Waals surface area contributed by atoms with E-state index in [1.165, 1.54) is 27.7 Å². The van der Waals surface area contributed by atoms with E-state index in [9.17, 15) is 14.4 Å². The number of benzene rings is 1. The number of carbonyl (C=O) groups is 1. The van der Waals surface area contributed by atoms with Crippen LogP contribution in [0.4, 0.5) is 0 Å². The van der Waals surface area contributed by atoms with Gasteiger partial charge in [0, 0.05) is 15.6 Å². The fourth-order valence-electron chi connectivity index (χ4n) is 4.26. The van der Waals surface area contributed by atoms with Crippen molar-refractivity contribution in [2.45, 2.75) is 32.1 Å². The number of carbonyl (C=O) groups excluding carboxylic acids is 1. The lowest BCUT2D eigenvalue weighted by Gasteiger charge is -2.11. The molecule has 0 bridgehead atoms. The summed E-state index contributed by atoms with van der Waals surface area (Å²) in [7, 11) is 1.29. The van der Waals surface area contributed by atoms with Gasteiger partial charge in [-0.15, -0.1) is 11.3 Å². The third-order valence-electron chi connectivity index (χ3n) is 5.54. The van der Waals surface area contributed by atoms with E-state index in [1.54, 1.807) is 24.3 Å². The molecule has 6 nitrogen and oxygen atoms in total. The Morgan fingerprint density at radius 1 is 1.11 bits per heavy atom. The van der Waals surface area contributed by atoms with E-state index in [0.29, 0.717) is 21.0 Å². The van der Waals surface area contributed by atoms with E-state index in [2.05, 4.69) is 4.98 Å². The molecule has 0 aliphatic heterocycles. The Hall–Kier alpha value is -2.93. The van der Waals surface area contributed by atoms with Gasteiger partial charge >= 0.3 is 5.97 Å². The number of hydrogen-bond acceptors (Lipinski definition) is 5. The molecular formula is C21H18N2O4S. The van der Waals surface area contributed by atoms with Crippen LogP contribution in [-0.2, 0) is 17.6 Å². The summed E-state index contributed by atoms with van der Waals surface area (Å²) >= 11 is 1.50. The van der Waals surface area contributed by atoms with Gasteiger partial charge in [0.2, 0.25) is 0 Å². The Morgan fingerprint density at radius 2 is 1.86 bits per heavy atom. The number of aromatic nitrogens is 2. The standard InChI is InChI=1S/C21H18N2O4S/c1-27-21(26)15-11-7-5-6-8-12(11)19(25)23-17(15)22-18(24)16-13-9-3-2-4-10-14(13)28-20(16)23/h5-8H,2-4,9-10H2,1H3,(H,22,24). The van der Waals surface area contributed by atoms with E-state index in [4.69, 9.17) is 4.74 Å². The van der Waals surface area contributed by atoms with Crippen LogP contribution >= 0.6 is 11.3 Å². The van der Waals surface area contributed by atoms with Gasteiger partial charge < -0.3 is 9.72 Å². The molecule has 0 unspecified atom stereocenters. The van der Waals surface area contributed by atoms with Crippen LogP contribution in [0.25, 0.3) is 26.6 Å². The molecule has 0 amide bonds. The second-order valence-electron chi connectivity index (χ2n) is 7.10. The number of aromatic amines is 1. The number of nitrogens with one attached hydrogen (secondary N) is 1. The number of ether oxygens (including phenoxy) is 1. The Balaban J connectivity index is 2.06. The van der Waals surface area contributed by atoms with Gasteiger partial charge in [0.05, 0.1) is 12.5 Å². The van der Waals surface area contributed by atoms with E-state index in [0.717, 1.165) is 37.7 Å². The monoisotopic (exact) mass is 394 g/mol. The van der Waals surface area contributed by atoms with Crippen LogP contribution in [0.1, 0.15) is 40.1 Å². The minimum absolute atomic E-state index is 0.199. The molecule has 3 aromatic heterocycles. The molecule has 142 valence electrons. The zero-order valence-corrected chi connectivity index (χ0v) is 16.1. The second kappa shape index (κ2) is 6.31. The average Bonchev–Trinajstić information content (AvgIpc) is 2.91. The molecule has 1 aromatic carbocycles. The van der Waals surface area contributed by atoms with Crippen molar-refractivity contribution in [1.82, 2.24) is 9.38 Å². The summed E-state index contributed by atoms with van der Waals surface area (Å²) in [6.07, 6.45) is 5.03. The highest BCUT2D eigenvalue weighted by Crippen LogP contribution is 2.34. The Morgan fingerprint density at radius 3 is 2.64 bits per heavy atom. The zero-order chi connectivity index (χ0) is 19.4. The average molecular weight is 394 g/mol. The molecule has 0 radical (unpaired) electrons. The van der Waals surface area contributed by atoms with Crippen LogP contribution in [0.15, 0.2) is 33.9 Å². The van der Waals surface area contributed by atoms with Gasteiger partial charge in [-0.3, -0.25) is 14.0 Å². The normalized spacial score (nSPS) is 14.3. The summed E-state index contributed by atoms with van der Waals surface area (Å²) in [5.74, 6) is -0.582. The second-order valence-corrected chi connectivity index (χ2v) is 8.18. The highest BCUT2D eigenvalue weighted by Gasteiger charge is 2.24. The molecule has 0 atom stereocenters. The molecule has 1 aliphatic rings. The molecule has 3 heterocycles. The highest BCUT2D eigenvalue weighted by atomic mass is 32.1. The van der Waals surface area contributed by atoms with Crippen molar-refractivity contribution >= 4 is 43.9 Å². The third kappa shape index (κ3) is 2.29. The number of H-pyrrole nitrogens is 1. The van der Waals surface area contributed by atoms with E-state index < -0.39 is 5.97 Å². The largest absolute Gasteiger partial charge is 0.465 e. The molecule has 0 spiro atoms. The molecule has 0 fully saturated rings. The summed E-state index contributed by atoms with van der Waals surface area (Å²) < 4.78 is 6.46. The molecule has 5 rings (SSSR count). The van der Waals surface area contributed by atoms with Crippen molar-refractivity contribution in [3.05, 3.63) is 61.0 Å². The van der Waals surface area contributed by atoms with Crippen molar-refractivity contribution in [2.24, 2.45) is 0 Å². The predicted molar refractivity (Wildman–Crippen MR) is 110 cm³/mol. The molecule has 7 heteroatoms. The Kier molecular flexibility index (Phi) is 3.87. The number of esters is 1. The lowest BCUT2D eigenvalue weighted by Crippen LogP contribution is -2.23. The quantitative estimate of drug-likeness (QED) is 0.305. The van der Waals surface area contributed by atoms with Crippen molar-refractivity contribution in [3.8, 4) is 0 Å². The van der Waals surface area contributed by atoms with Crippen molar-refractivity contribution < 1.29 is 9.53 Å². The van der Waals surface area contributed by atoms with Crippen LogP contribution in [0.3, 0.4) is 0 Å². The van der Waals surface area contributed by atoms with Crippen LogP contribution < -0.4 is 11.1 Å². The van der Waals surface area contributed by atoms with E-state index in [-0.39, 0.29) is 22.3 Å². The number of rotatable bonds is 1. The zero-order valence-electron chi connectivity index (χ0n) is 15.3. The van der Waals surface area contributed by atoms with Crippen LogP contribution in [-0.4, -0.2) is 22.5 Å². The first-order valence-electron chi connectivity index (χ1n) is 9.34. The number of thiophene rings is 1. The van der Waals surface area contributed by atoms with Gasteiger partial charge in [0.1, 0.15) is 16.0 Å². The minimum atomic E-state index is -0.582. The molecule has 0 saturated carbocycles. The van der Waals surface area contributed by atoms with Gasteiger partial charge in [-0.05, 0) is 37.3 Å². The number of aryl methyl sites for hydroxylation is 2.